The molecule has 0 saturated carbocycles. The van der Waals surface area contributed by atoms with Gasteiger partial charge in [0.2, 0.25) is 0 Å². The number of hydrogen-bond donors (Lipinski definition) is 2. The zero-order valence-electron chi connectivity index (χ0n) is 12.3. The number of rotatable bonds is 9. The smallest absolute Gasteiger partial charge is 0.0950 e. The predicted molar refractivity (Wildman–Crippen MR) is 85.1 cm³/mol. The lowest BCUT2D eigenvalue weighted by Crippen LogP contribution is -2.24. The normalized spacial score (nSPS) is 14.3. The van der Waals surface area contributed by atoms with Gasteiger partial charge >= 0.3 is 0 Å². The third-order valence-corrected chi connectivity index (χ3v) is 4.55. The molecule has 2 heterocycles. The Balaban J connectivity index is 1.93. The quantitative estimate of drug-likeness (QED) is 0.730. The highest BCUT2D eigenvalue weighted by molar-refractivity contribution is 7.10. The van der Waals surface area contributed by atoms with Crippen molar-refractivity contribution in [2.24, 2.45) is 0 Å². The third-order valence-electron chi connectivity index (χ3n) is 3.57. The molecule has 2 rings (SSSR count). The van der Waals surface area contributed by atoms with Crippen molar-refractivity contribution < 1.29 is 4.42 Å². The van der Waals surface area contributed by atoms with Crippen molar-refractivity contribution in [1.82, 2.24) is 10.6 Å². The average molecular weight is 292 g/mol. The van der Waals surface area contributed by atoms with Gasteiger partial charge in [0.25, 0.3) is 0 Å². The highest BCUT2D eigenvalue weighted by Crippen LogP contribution is 2.27. The highest BCUT2D eigenvalue weighted by atomic mass is 32.1. The molecule has 0 spiro atoms. The molecule has 0 fully saturated rings. The van der Waals surface area contributed by atoms with E-state index in [2.05, 4.69) is 41.1 Å². The van der Waals surface area contributed by atoms with Gasteiger partial charge in [0.05, 0.1) is 12.5 Å². The van der Waals surface area contributed by atoms with Crippen molar-refractivity contribution in [3.63, 3.8) is 0 Å². The molecule has 0 radical (unpaired) electrons. The molecule has 0 amide bonds. The lowest BCUT2D eigenvalue weighted by atomic mass is 10.0. The van der Waals surface area contributed by atoms with Crippen molar-refractivity contribution in [1.29, 1.82) is 0 Å². The van der Waals surface area contributed by atoms with E-state index in [-0.39, 0.29) is 0 Å². The van der Waals surface area contributed by atoms with E-state index in [1.165, 1.54) is 10.4 Å². The fourth-order valence-corrected chi connectivity index (χ4v) is 3.30. The van der Waals surface area contributed by atoms with Crippen LogP contribution in [0.15, 0.2) is 40.5 Å². The summed E-state index contributed by atoms with van der Waals surface area (Å²) in [4.78, 5) is 1.41. The molecule has 0 aliphatic carbocycles. The van der Waals surface area contributed by atoms with Gasteiger partial charge in [-0.25, -0.2) is 0 Å². The minimum Gasteiger partial charge on any atom is -0.472 e. The summed E-state index contributed by atoms with van der Waals surface area (Å²) in [6, 6.07) is 7.20. The van der Waals surface area contributed by atoms with E-state index in [9.17, 15) is 0 Å². The maximum Gasteiger partial charge on any atom is 0.0950 e. The second kappa shape index (κ2) is 8.25. The minimum absolute atomic E-state index is 0.379. The van der Waals surface area contributed by atoms with Crippen molar-refractivity contribution >= 4 is 11.3 Å². The molecule has 0 aliphatic heterocycles. The zero-order valence-corrected chi connectivity index (χ0v) is 13.1. The molecule has 0 aromatic carbocycles. The van der Waals surface area contributed by atoms with Gasteiger partial charge in [0.15, 0.2) is 0 Å². The number of nitrogens with one attached hydrogen (secondary N) is 2. The first-order chi connectivity index (χ1) is 9.85. The largest absolute Gasteiger partial charge is 0.472 e. The summed E-state index contributed by atoms with van der Waals surface area (Å²) in [7, 11) is 2.04. The van der Waals surface area contributed by atoms with Crippen LogP contribution in [0.2, 0.25) is 0 Å². The molecule has 4 heteroatoms. The van der Waals surface area contributed by atoms with Crippen LogP contribution in [-0.4, -0.2) is 13.6 Å². The number of hydrogen-bond acceptors (Lipinski definition) is 4. The van der Waals surface area contributed by atoms with Crippen molar-refractivity contribution in [2.75, 3.05) is 13.6 Å². The van der Waals surface area contributed by atoms with E-state index in [0.29, 0.717) is 12.1 Å². The predicted octanol–water partition coefficient (Wildman–Crippen LogP) is 4.12. The summed E-state index contributed by atoms with van der Waals surface area (Å²) in [5, 5.41) is 9.17. The van der Waals surface area contributed by atoms with E-state index < -0.39 is 0 Å². The molecular formula is C16H24N2OS. The van der Waals surface area contributed by atoms with Crippen LogP contribution in [0.1, 0.15) is 48.7 Å². The first-order valence-electron chi connectivity index (χ1n) is 7.31. The maximum absolute atomic E-state index is 5.23. The van der Waals surface area contributed by atoms with Crippen LogP contribution in [0.3, 0.4) is 0 Å². The molecule has 0 bridgehead atoms. The molecular weight excluding hydrogens is 268 g/mol. The Morgan fingerprint density at radius 1 is 1.25 bits per heavy atom. The molecule has 2 atom stereocenters. The Morgan fingerprint density at radius 3 is 2.70 bits per heavy atom. The fourth-order valence-electron chi connectivity index (χ4n) is 2.43. The highest BCUT2D eigenvalue weighted by Gasteiger charge is 2.16. The van der Waals surface area contributed by atoms with Gasteiger partial charge in [0.1, 0.15) is 0 Å². The first-order valence-corrected chi connectivity index (χ1v) is 8.19. The molecule has 2 unspecified atom stereocenters. The summed E-state index contributed by atoms with van der Waals surface area (Å²) in [5.74, 6) is 0. The second-order valence-electron chi connectivity index (χ2n) is 5.00. The molecule has 2 N–H and O–H groups in total. The van der Waals surface area contributed by atoms with Crippen molar-refractivity contribution in [2.45, 2.75) is 38.3 Å². The molecule has 0 aliphatic rings. The maximum atomic E-state index is 5.23. The van der Waals surface area contributed by atoms with Gasteiger partial charge in [0, 0.05) is 22.5 Å². The topological polar surface area (TPSA) is 37.2 Å². The van der Waals surface area contributed by atoms with Crippen LogP contribution in [0.4, 0.5) is 0 Å². The van der Waals surface area contributed by atoms with Crippen molar-refractivity contribution in [3.8, 4) is 0 Å². The van der Waals surface area contributed by atoms with Gasteiger partial charge in [-0.15, -0.1) is 11.3 Å². The molecule has 2 aromatic rings. The van der Waals surface area contributed by atoms with Gasteiger partial charge in [-0.3, -0.25) is 0 Å². The molecule has 110 valence electrons. The van der Waals surface area contributed by atoms with Crippen LogP contribution in [0, 0.1) is 0 Å². The van der Waals surface area contributed by atoms with E-state index in [0.717, 1.165) is 25.8 Å². The van der Waals surface area contributed by atoms with Crippen LogP contribution in [0.25, 0.3) is 0 Å². The molecule has 2 aromatic heterocycles. The lowest BCUT2D eigenvalue weighted by Gasteiger charge is -2.21. The van der Waals surface area contributed by atoms with Gasteiger partial charge in [-0.1, -0.05) is 13.0 Å². The minimum atomic E-state index is 0.379. The Morgan fingerprint density at radius 2 is 2.10 bits per heavy atom. The second-order valence-corrected chi connectivity index (χ2v) is 5.98. The standard InChI is InChI=1S/C16H24N2OS/c1-3-9-18-14(13-8-10-19-12-13)6-7-15(17-2)16-5-4-11-20-16/h4-5,8,10-12,14-15,17-18H,3,6-7,9H2,1-2H3. The van der Waals surface area contributed by atoms with Crippen LogP contribution >= 0.6 is 11.3 Å². The molecule has 0 saturated heterocycles. The number of furan rings is 1. The monoisotopic (exact) mass is 292 g/mol. The SMILES string of the molecule is CCCNC(CCC(NC)c1cccs1)c1ccoc1. The zero-order chi connectivity index (χ0) is 14.2. The Bertz CT molecular complexity index is 453. The van der Waals surface area contributed by atoms with Gasteiger partial charge in [-0.05, 0) is 50.4 Å². The third kappa shape index (κ3) is 4.20. The lowest BCUT2D eigenvalue weighted by molar-refractivity contribution is 0.434. The summed E-state index contributed by atoms with van der Waals surface area (Å²) >= 11 is 1.82. The van der Waals surface area contributed by atoms with E-state index in [4.69, 9.17) is 4.42 Å². The van der Waals surface area contributed by atoms with Crippen LogP contribution < -0.4 is 10.6 Å². The van der Waals surface area contributed by atoms with Gasteiger partial charge < -0.3 is 15.1 Å². The number of thiophene rings is 1. The molecule has 3 nitrogen and oxygen atoms in total. The fraction of sp³-hybridized carbons (Fsp3) is 0.500. The van der Waals surface area contributed by atoms with Crippen LogP contribution in [-0.2, 0) is 0 Å². The van der Waals surface area contributed by atoms with E-state index >= 15 is 0 Å². The summed E-state index contributed by atoms with van der Waals surface area (Å²) in [5.41, 5.74) is 1.25. The Labute approximate surface area is 125 Å². The Kier molecular flexibility index (Phi) is 6.30. The summed E-state index contributed by atoms with van der Waals surface area (Å²) in [6.07, 6.45) is 6.97. The van der Waals surface area contributed by atoms with E-state index in [1.54, 1.807) is 6.26 Å². The molecule has 20 heavy (non-hydrogen) atoms. The van der Waals surface area contributed by atoms with Crippen LogP contribution in [0.5, 0.6) is 0 Å². The van der Waals surface area contributed by atoms with Crippen molar-refractivity contribution in [3.05, 3.63) is 46.5 Å². The van der Waals surface area contributed by atoms with E-state index in [1.807, 2.05) is 24.6 Å². The average Bonchev–Trinajstić information content (AvgIpc) is 3.15. The summed E-state index contributed by atoms with van der Waals surface area (Å²) < 4.78 is 5.23. The van der Waals surface area contributed by atoms with Gasteiger partial charge in [-0.2, -0.15) is 0 Å². The summed E-state index contributed by atoms with van der Waals surface area (Å²) in [6.45, 7) is 3.24. The Hall–Kier alpha value is -1.10. The first kappa shape index (κ1) is 15.3.